The van der Waals surface area contributed by atoms with E-state index in [9.17, 15) is 0 Å². The van der Waals surface area contributed by atoms with Gasteiger partial charge in [0.2, 0.25) is 0 Å². The molecule has 1 aliphatic carbocycles. The van der Waals surface area contributed by atoms with Crippen LogP contribution in [-0.4, -0.2) is 42.7 Å². The van der Waals surface area contributed by atoms with Crippen molar-refractivity contribution in [3.63, 3.8) is 0 Å². The maximum absolute atomic E-state index is 6.01. The summed E-state index contributed by atoms with van der Waals surface area (Å²) in [5.74, 6) is 1.48. The van der Waals surface area contributed by atoms with Gasteiger partial charge in [0.25, 0.3) is 0 Å². The Bertz CT molecular complexity index is 445. The van der Waals surface area contributed by atoms with Gasteiger partial charge in [0.1, 0.15) is 5.69 Å². The van der Waals surface area contributed by atoms with Crippen molar-refractivity contribution in [2.45, 2.75) is 51.2 Å². The molecule has 1 fully saturated rings. The van der Waals surface area contributed by atoms with E-state index in [0.717, 1.165) is 43.1 Å². The topological polar surface area (TPSA) is 60.6 Å². The number of aromatic nitrogens is 1. The zero-order chi connectivity index (χ0) is 15.2. The highest BCUT2D eigenvalue weighted by Gasteiger charge is 2.25. The number of hydrogen-bond donors (Lipinski definition) is 1. The van der Waals surface area contributed by atoms with Gasteiger partial charge >= 0.3 is 0 Å². The first-order chi connectivity index (χ1) is 10.2. The Morgan fingerprint density at radius 1 is 1.24 bits per heavy atom. The Balaban J connectivity index is 2.11. The summed E-state index contributed by atoms with van der Waals surface area (Å²) in [5.41, 5.74) is 6.95. The fourth-order valence-corrected chi connectivity index (χ4v) is 3.12. The standard InChI is InChI=1S/C16H27N3O2/c1-4-19(13-7-5-12(17)6-8-13)11-14-16(21-3)15(20-2)9-10-18-14/h9-10,12-13H,4-8,11,17H2,1-3H3. The summed E-state index contributed by atoms with van der Waals surface area (Å²) in [6.45, 7) is 3.99. The minimum Gasteiger partial charge on any atom is -0.493 e. The van der Waals surface area contributed by atoms with Crippen molar-refractivity contribution >= 4 is 0 Å². The second-order valence-electron chi connectivity index (χ2n) is 5.62. The monoisotopic (exact) mass is 293 g/mol. The highest BCUT2D eigenvalue weighted by molar-refractivity contribution is 5.42. The summed E-state index contributed by atoms with van der Waals surface area (Å²) in [5, 5.41) is 0. The molecule has 0 aliphatic heterocycles. The van der Waals surface area contributed by atoms with E-state index in [-0.39, 0.29) is 0 Å². The van der Waals surface area contributed by atoms with E-state index in [4.69, 9.17) is 15.2 Å². The van der Waals surface area contributed by atoms with Crippen molar-refractivity contribution in [1.82, 2.24) is 9.88 Å². The van der Waals surface area contributed by atoms with E-state index in [1.54, 1.807) is 20.4 Å². The van der Waals surface area contributed by atoms with E-state index in [2.05, 4.69) is 16.8 Å². The van der Waals surface area contributed by atoms with Crippen LogP contribution in [0.2, 0.25) is 0 Å². The van der Waals surface area contributed by atoms with E-state index in [0.29, 0.717) is 12.1 Å². The maximum atomic E-state index is 6.01. The molecule has 0 radical (unpaired) electrons. The molecule has 5 heteroatoms. The molecule has 1 aromatic rings. The van der Waals surface area contributed by atoms with Gasteiger partial charge in [0.05, 0.1) is 14.2 Å². The van der Waals surface area contributed by atoms with Crippen molar-refractivity contribution in [1.29, 1.82) is 0 Å². The highest BCUT2D eigenvalue weighted by Crippen LogP contribution is 2.31. The summed E-state index contributed by atoms with van der Waals surface area (Å²) in [7, 11) is 3.32. The van der Waals surface area contributed by atoms with Crippen LogP contribution in [0.15, 0.2) is 12.3 Å². The van der Waals surface area contributed by atoms with Crippen LogP contribution in [0.25, 0.3) is 0 Å². The lowest BCUT2D eigenvalue weighted by Gasteiger charge is -2.35. The molecule has 0 saturated heterocycles. The summed E-state index contributed by atoms with van der Waals surface area (Å²) in [6, 6.07) is 2.80. The molecule has 1 saturated carbocycles. The second kappa shape index (κ2) is 7.61. The van der Waals surface area contributed by atoms with E-state index in [1.165, 1.54) is 12.8 Å². The molecule has 0 amide bonds. The summed E-state index contributed by atoms with van der Waals surface area (Å²) in [6.07, 6.45) is 6.34. The average Bonchev–Trinajstić information content (AvgIpc) is 2.53. The van der Waals surface area contributed by atoms with Crippen LogP contribution in [0.1, 0.15) is 38.3 Å². The molecule has 0 bridgehead atoms. The molecule has 21 heavy (non-hydrogen) atoms. The van der Waals surface area contributed by atoms with Gasteiger partial charge in [-0.15, -0.1) is 0 Å². The smallest absolute Gasteiger partial charge is 0.183 e. The quantitative estimate of drug-likeness (QED) is 0.871. The zero-order valence-electron chi connectivity index (χ0n) is 13.3. The second-order valence-corrected chi connectivity index (χ2v) is 5.62. The number of methoxy groups -OCH3 is 2. The molecule has 1 aliphatic rings. The number of nitrogens with two attached hydrogens (primary N) is 1. The Hall–Kier alpha value is -1.33. The Kier molecular flexibility index (Phi) is 5.82. The maximum Gasteiger partial charge on any atom is 0.183 e. The summed E-state index contributed by atoms with van der Waals surface area (Å²) >= 11 is 0. The van der Waals surface area contributed by atoms with Gasteiger partial charge in [-0.2, -0.15) is 0 Å². The van der Waals surface area contributed by atoms with E-state index < -0.39 is 0 Å². The van der Waals surface area contributed by atoms with Crippen LogP contribution in [0.5, 0.6) is 11.5 Å². The third-order valence-corrected chi connectivity index (χ3v) is 4.38. The van der Waals surface area contributed by atoms with Crippen molar-refractivity contribution in [3.8, 4) is 11.5 Å². The molecule has 0 unspecified atom stereocenters. The van der Waals surface area contributed by atoms with E-state index >= 15 is 0 Å². The van der Waals surface area contributed by atoms with Crippen LogP contribution < -0.4 is 15.2 Å². The normalized spacial score (nSPS) is 22.3. The van der Waals surface area contributed by atoms with Crippen LogP contribution in [0.3, 0.4) is 0 Å². The van der Waals surface area contributed by atoms with Gasteiger partial charge in [0.15, 0.2) is 11.5 Å². The highest BCUT2D eigenvalue weighted by atomic mass is 16.5. The molecule has 5 nitrogen and oxygen atoms in total. The van der Waals surface area contributed by atoms with Gasteiger partial charge in [-0.1, -0.05) is 6.92 Å². The number of ether oxygens (including phenoxy) is 2. The van der Waals surface area contributed by atoms with Gasteiger partial charge < -0.3 is 15.2 Å². The fraction of sp³-hybridized carbons (Fsp3) is 0.688. The van der Waals surface area contributed by atoms with Crippen molar-refractivity contribution in [3.05, 3.63) is 18.0 Å². The number of rotatable bonds is 6. The third kappa shape index (κ3) is 3.86. The van der Waals surface area contributed by atoms with Crippen LogP contribution >= 0.6 is 0 Å². The predicted molar refractivity (Wildman–Crippen MR) is 83.7 cm³/mol. The van der Waals surface area contributed by atoms with Gasteiger partial charge in [-0.25, -0.2) is 0 Å². The van der Waals surface area contributed by atoms with Gasteiger partial charge in [0, 0.05) is 30.9 Å². The molecule has 1 heterocycles. The first-order valence-corrected chi connectivity index (χ1v) is 7.75. The number of hydrogen-bond acceptors (Lipinski definition) is 5. The average molecular weight is 293 g/mol. The number of nitrogens with zero attached hydrogens (tertiary/aromatic N) is 2. The Labute approximate surface area is 127 Å². The minimum absolute atomic E-state index is 0.379. The van der Waals surface area contributed by atoms with Crippen LogP contribution in [-0.2, 0) is 6.54 Å². The SMILES string of the molecule is CCN(Cc1nccc(OC)c1OC)C1CCC(N)CC1. The molecule has 0 spiro atoms. The van der Waals surface area contributed by atoms with Crippen molar-refractivity contribution < 1.29 is 9.47 Å². The van der Waals surface area contributed by atoms with E-state index in [1.807, 2.05) is 6.07 Å². The summed E-state index contributed by atoms with van der Waals surface area (Å²) in [4.78, 5) is 6.95. The van der Waals surface area contributed by atoms with Crippen molar-refractivity contribution in [2.75, 3.05) is 20.8 Å². The predicted octanol–water partition coefficient (Wildman–Crippen LogP) is 2.19. The molecule has 1 aromatic heterocycles. The molecule has 2 rings (SSSR count). The largest absolute Gasteiger partial charge is 0.493 e. The first kappa shape index (κ1) is 16.0. The Morgan fingerprint density at radius 2 is 1.95 bits per heavy atom. The molecule has 0 atom stereocenters. The lowest BCUT2D eigenvalue weighted by atomic mass is 9.90. The molecular weight excluding hydrogens is 266 g/mol. The lowest BCUT2D eigenvalue weighted by Crippen LogP contribution is -2.40. The summed E-state index contributed by atoms with van der Waals surface area (Å²) < 4.78 is 10.8. The molecule has 0 aromatic carbocycles. The van der Waals surface area contributed by atoms with Gasteiger partial charge in [-0.05, 0) is 32.2 Å². The molecular formula is C16H27N3O2. The number of pyridine rings is 1. The zero-order valence-corrected chi connectivity index (χ0v) is 13.3. The third-order valence-electron chi connectivity index (χ3n) is 4.38. The first-order valence-electron chi connectivity index (χ1n) is 7.75. The fourth-order valence-electron chi connectivity index (χ4n) is 3.12. The van der Waals surface area contributed by atoms with Crippen LogP contribution in [0, 0.1) is 0 Å². The lowest BCUT2D eigenvalue weighted by molar-refractivity contribution is 0.146. The Morgan fingerprint density at radius 3 is 2.52 bits per heavy atom. The molecule has 118 valence electrons. The van der Waals surface area contributed by atoms with Crippen LogP contribution in [0.4, 0.5) is 0 Å². The molecule has 2 N–H and O–H groups in total. The van der Waals surface area contributed by atoms with Crippen molar-refractivity contribution in [2.24, 2.45) is 5.73 Å². The minimum atomic E-state index is 0.379. The van der Waals surface area contributed by atoms with Gasteiger partial charge in [-0.3, -0.25) is 9.88 Å².